The molecule has 3 aromatic carbocycles. The summed E-state index contributed by atoms with van der Waals surface area (Å²) in [7, 11) is -0.0132. The van der Waals surface area contributed by atoms with Crippen molar-refractivity contribution in [1.82, 2.24) is 0 Å². The fourth-order valence-electron chi connectivity index (χ4n) is 2.94. The topological polar surface area (TPSA) is 20.2 Å². The predicted molar refractivity (Wildman–Crippen MR) is 103 cm³/mol. The largest absolute Gasteiger partial charge is 0.396 e. The molecule has 0 amide bonds. The Labute approximate surface area is 142 Å². The van der Waals surface area contributed by atoms with Gasteiger partial charge in [-0.2, -0.15) is 0 Å². The number of hydrogen-bond donors (Lipinski definition) is 1. The Hall–Kier alpha value is -1.81. The second kappa shape index (κ2) is 6.36. The average molecular weight is 337 g/mol. The van der Waals surface area contributed by atoms with Gasteiger partial charge in [-0.05, 0) is 48.5 Å². The minimum Gasteiger partial charge on any atom is -0.396 e. The van der Waals surface area contributed by atoms with E-state index in [0.29, 0.717) is 0 Å². The minimum atomic E-state index is -0.0132. The summed E-state index contributed by atoms with van der Waals surface area (Å²) in [5, 5.41) is 11.7. The lowest BCUT2D eigenvalue weighted by Gasteiger charge is -1.99. The van der Waals surface area contributed by atoms with Crippen molar-refractivity contribution in [3.05, 3.63) is 72.8 Å². The zero-order chi connectivity index (χ0) is 15.6. The Bertz CT molecular complexity index is 901. The molecule has 0 aliphatic rings. The molecule has 0 spiro atoms. The van der Waals surface area contributed by atoms with Gasteiger partial charge >= 0.3 is 0 Å². The number of thiophene rings is 1. The van der Waals surface area contributed by atoms with Crippen LogP contribution in [0, 0.1) is 0 Å². The van der Waals surface area contributed by atoms with E-state index in [0.717, 1.165) is 5.75 Å². The molecular formula is C20H17OS2+. The van der Waals surface area contributed by atoms with Crippen LogP contribution in [0.15, 0.2) is 77.7 Å². The van der Waals surface area contributed by atoms with Crippen molar-refractivity contribution in [1.29, 1.82) is 0 Å². The lowest BCUT2D eigenvalue weighted by Crippen LogP contribution is -1.84. The molecule has 1 nitrogen and oxygen atoms in total. The van der Waals surface area contributed by atoms with Gasteiger partial charge in [-0.15, -0.1) is 11.8 Å². The highest BCUT2D eigenvalue weighted by atomic mass is 32.2. The van der Waals surface area contributed by atoms with Gasteiger partial charge in [-0.3, -0.25) is 0 Å². The van der Waals surface area contributed by atoms with Gasteiger partial charge in [0.25, 0.3) is 0 Å². The molecule has 114 valence electrons. The Morgan fingerprint density at radius 1 is 0.739 bits per heavy atom. The van der Waals surface area contributed by atoms with Crippen molar-refractivity contribution >= 4 is 42.4 Å². The Morgan fingerprint density at radius 3 is 1.87 bits per heavy atom. The summed E-state index contributed by atoms with van der Waals surface area (Å²) in [6, 6.07) is 26.3. The fraction of sp³-hybridized carbons (Fsp3) is 0.100. The number of aliphatic hydroxyl groups excluding tert-OH is 1. The summed E-state index contributed by atoms with van der Waals surface area (Å²) in [5.41, 5.74) is 0. The van der Waals surface area contributed by atoms with Crippen LogP contribution in [0.5, 0.6) is 0 Å². The summed E-state index contributed by atoms with van der Waals surface area (Å²) in [5.74, 6) is 0.747. The molecule has 0 unspecified atom stereocenters. The smallest absolute Gasteiger partial charge is 0.187 e. The number of thioether (sulfide) groups is 1. The number of aliphatic hydroxyl groups is 1. The lowest BCUT2D eigenvalue weighted by molar-refractivity contribution is 0.322. The third-order valence-electron chi connectivity index (χ3n) is 3.92. The van der Waals surface area contributed by atoms with E-state index in [1.54, 1.807) is 11.8 Å². The van der Waals surface area contributed by atoms with Crippen LogP contribution in [-0.4, -0.2) is 17.5 Å². The molecule has 23 heavy (non-hydrogen) atoms. The molecule has 0 aliphatic carbocycles. The van der Waals surface area contributed by atoms with Gasteiger partial charge in [0.05, 0.1) is 6.61 Å². The third kappa shape index (κ3) is 2.65. The van der Waals surface area contributed by atoms with Gasteiger partial charge in [0.15, 0.2) is 14.3 Å². The van der Waals surface area contributed by atoms with Gasteiger partial charge in [0.1, 0.15) is 0 Å². The van der Waals surface area contributed by atoms with E-state index in [1.807, 2.05) is 0 Å². The van der Waals surface area contributed by atoms with Crippen LogP contribution in [0.2, 0.25) is 0 Å². The number of rotatable bonds is 4. The van der Waals surface area contributed by atoms with Crippen molar-refractivity contribution < 1.29 is 5.11 Å². The van der Waals surface area contributed by atoms with Gasteiger partial charge < -0.3 is 5.11 Å². The first-order valence-corrected chi connectivity index (χ1v) is 9.86. The van der Waals surface area contributed by atoms with Crippen LogP contribution < -0.4 is 0 Å². The van der Waals surface area contributed by atoms with Crippen LogP contribution in [0.4, 0.5) is 0 Å². The molecular weight excluding hydrogens is 320 g/mol. The van der Waals surface area contributed by atoms with Crippen molar-refractivity contribution in [2.24, 2.45) is 0 Å². The summed E-state index contributed by atoms with van der Waals surface area (Å²) < 4.78 is 2.84. The number of hydrogen-bond acceptors (Lipinski definition) is 2. The molecule has 4 aromatic rings. The summed E-state index contributed by atoms with van der Waals surface area (Å²) in [6.07, 6.45) is 0. The highest BCUT2D eigenvalue weighted by Gasteiger charge is 2.22. The van der Waals surface area contributed by atoms with E-state index >= 15 is 0 Å². The molecule has 0 saturated heterocycles. The molecule has 0 saturated carbocycles. The second-order valence-corrected chi connectivity index (χ2v) is 8.47. The first kappa shape index (κ1) is 14.8. The first-order valence-electron chi connectivity index (χ1n) is 7.65. The van der Waals surface area contributed by atoms with Gasteiger partial charge in [-0.1, -0.05) is 24.3 Å². The molecule has 0 fully saturated rings. The maximum atomic E-state index is 8.95. The Morgan fingerprint density at radius 2 is 1.30 bits per heavy atom. The minimum absolute atomic E-state index is 0.0132. The normalized spacial score (nSPS) is 11.3. The molecule has 1 N–H and O–H groups in total. The molecule has 4 rings (SSSR count). The van der Waals surface area contributed by atoms with E-state index in [-0.39, 0.29) is 17.1 Å². The molecule has 0 bridgehead atoms. The molecule has 0 atom stereocenters. The van der Waals surface area contributed by atoms with Crippen LogP contribution >= 0.6 is 22.2 Å². The zero-order valence-electron chi connectivity index (χ0n) is 12.6. The Balaban J connectivity index is 1.90. The van der Waals surface area contributed by atoms with Crippen LogP contribution in [0.3, 0.4) is 0 Å². The number of fused-ring (bicyclic) bond motifs is 3. The quantitative estimate of drug-likeness (QED) is 0.374. The number of benzene rings is 3. The standard InChI is InChI=1S/C20H17OS2/c21-13-14-22-15-9-11-16(12-10-15)23-19-7-3-1-5-17(19)18-6-2-4-8-20(18)23/h1-12,21H,13-14H2/q+1. The van der Waals surface area contributed by atoms with E-state index in [4.69, 9.17) is 5.11 Å². The monoisotopic (exact) mass is 337 g/mol. The van der Waals surface area contributed by atoms with Gasteiger partial charge in [-0.25, -0.2) is 0 Å². The van der Waals surface area contributed by atoms with Crippen LogP contribution in [0.1, 0.15) is 0 Å². The highest BCUT2D eigenvalue weighted by molar-refractivity contribution is 7.99. The third-order valence-corrected chi connectivity index (χ3v) is 7.25. The van der Waals surface area contributed by atoms with Crippen molar-refractivity contribution in [3.8, 4) is 4.90 Å². The lowest BCUT2D eigenvalue weighted by atomic mass is 10.2. The van der Waals surface area contributed by atoms with Crippen molar-refractivity contribution in [2.75, 3.05) is 12.4 Å². The Kier molecular flexibility index (Phi) is 4.08. The van der Waals surface area contributed by atoms with Crippen molar-refractivity contribution in [2.45, 2.75) is 4.90 Å². The zero-order valence-corrected chi connectivity index (χ0v) is 14.2. The van der Waals surface area contributed by atoms with Crippen LogP contribution in [0.25, 0.3) is 25.1 Å². The first-order chi connectivity index (χ1) is 11.4. The molecule has 0 aliphatic heterocycles. The summed E-state index contributed by atoms with van der Waals surface area (Å²) >= 11 is 1.70. The van der Waals surface area contributed by atoms with E-state index in [1.165, 1.54) is 30.0 Å². The fourth-order valence-corrected chi connectivity index (χ4v) is 5.98. The van der Waals surface area contributed by atoms with Crippen molar-refractivity contribution in [3.63, 3.8) is 0 Å². The molecule has 1 aromatic heterocycles. The predicted octanol–water partition coefficient (Wildman–Crippen LogP) is 5.82. The average Bonchev–Trinajstić information content (AvgIpc) is 2.95. The maximum absolute atomic E-state index is 8.95. The van der Waals surface area contributed by atoms with Gasteiger partial charge in [0, 0.05) is 31.9 Å². The molecule has 1 heterocycles. The van der Waals surface area contributed by atoms with Crippen LogP contribution in [-0.2, 0) is 0 Å². The highest BCUT2D eigenvalue weighted by Crippen LogP contribution is 2.48. The SMILES string of the molecule is OCCSc1ccc(-[s+]2c3ccccc3c3ccccc32)cc1. The molecule has 0 radical (unpaired) electrons. The van der Waals surface area contributed by atoms with Gasteiger partial charge in [0.2, 0.25) is 0 Å². The molecule has 3 heteroatoms. The van der Waals surface area contributed by atoms with E-state index < -0.39 is 0 Å². The summed E-state index contributed by atoms with van der Waals surface area (Å²) in [4.78, 5) is 2.57. The summed E-state index contributed by atoms with van der Waals surface area (Å²) in [6.45, 7) is 0.220. The second-order valence-electron chi connectivity index (χ2n) is 5.34. The van der Waals surface area contributed by atoms with E-state index in [9.17, 15) is 0 Å². The maximum Gasteiger partial charge on any atom is 0.187 e. The van der Waals surface area contributed by atoms with E-state index in [2.05, 4.69) is 72.8 Å².